The SMILES string of the molecule is Cc1nc(-c2ccnc(Nc3cccc(C(N)=O)c3)n2)cs1. The van der Waals surface area contributed by atoms with Gasteiger partial charge < -0.3 is 11.1 Å². The molecular weight excluding hydrogens is 298 g/mol. The summed E-state index contributed by atoms with van der Waals surface area (Å²) in [6, 6.07) is 8.68. The van der Waals surface area contributed by atoms with E-state index < -0.39 is 5.91 Å². The lowest BCUT2D eigenvalue weighted by molar-refractivity contribution is 0.100. The standard InChI is InChI=1S/C15H13N5OS/c1-9-18-13(8-22-9)12-5-6-17-15(20-12)19-11-4-2-3-10(7-11)14(16)21/h2-8H,1H3,(H2,16,21)(H,17,19,20). The first-order chi connectivity index (χ1) is 10.6. The first kappa shape index (κ1) is 14.2. The predicted octanol–water partition coefficient (Wildman–Crippen LogP) is 2.75. The highest BCUT2D eigenvalue weighted by Crippen LogP contribution is 2.21. The van der Waals surface area contributed by atoms with Crippen LogP contribution in [0.25, 0.3) is 11.4 Å². The number of rotatable bonds is 4. The molecule has 6 nitrogen and oxygen atoms in total. The van der Waals surface area contributed by atoms with E-state index in [0.717, 1.165) is 16.4 Å². The third kappa shape index (κ3) is 3.09. The van der Waals surface area contributed by atoms with Gasteiger partial charge in [0.15, 0.2) is 0 Å². The molecule has 2 heterocycles. The van der Waals surface area contributed by atoms with Gasteiger partial charge >= 0.3 is 0 Å². The van der Waals surface area contributed by atoms with Crippen molar-refractivity contribution in [3.05, 3.63) is 52.5 Å². The Morgan fingerprint density at radius 3 is 2.82 bits per heavy atom. The number of anilines is 2. The summed E-state index contributed by atoms with van der Waals surface area (Å²) >= 11 is 1.57. The monoisotopic (exact) mass is 311 g/mol. The maximum Gasteiger partial charge on any atom is 0.248 e. The summed E-state index contributed by atoms with van der Waals surface area (Å²) in [4.78, 5) is 24.2. The van der Waals surface area contributed by atoms with Crippen LogP contribution in [0, 0.1) is 6.92 Å². The topological polar surface area (TPSA) is 93.8 Å². The van der Waals surface area contributed by atoms with Crippen molar-refractivity contribution < 1.29 is 4.79 Å². The molecular formula is C15H13N5OS. The van der Waals surface area contributed by atoms with Crippen molar-refractivity contribution in [2.24, 2.45) is 5.73 Å². The molecule has 0 bridgehead atoms. The molecule has 0 aliphatic heterocycles. The summed E-state index contributed by atoms with van der Waals surface area (Å²) in [5.41, 5.74) is 7.96. The molecule has 0 fully saturated rings. The van der Waals surface area contributed by atoms with Gasteiger partial charge in [0.25, 0.3) is 0 Å². The number of carbonyl (C=O) groups excluding carboxylic acids is 1. The van der Waals surface area contributed by atoms with Gasteiger partial charge in [-0.3, -0.25) is 4.79 Å². The second-order valence-corrected chi connectivity index (χ2v) is 5.65. The normalized spacial score (nSPS) is 10.4. The van der Waals surface area contributed by atoms with Crippen LogP contribution in [0.5, 0.6) is 0 Å². The van der Waals surface area contributed by atoms with E-state index in [1.807, 2.05) is 18.4 Å². The minimum atomic E-state index is -0.476. The molecule has 0 spiro atoms. The van der Waals surface area contributed by atoms with Gasteiger partial charge in [0.05, 0.1) is 10.7 Å². The summed E-state index contributed by atoms with van der Waals surface area (Å²) in [6.07, 6.45) is 1.66. The van der Waals surface area contributed by atoms with Crippen LogP contribution < -0.4 is 11.1 Å². The van der Waals surface area contributed by atoms with Gasteiger partial charge in [-0.05, 0) is 31.2 Å². The summed E-state index contributed by atoms with van der Waals surface area (Å²) in [6.45, 7) is 1.95. The van der Waals surface area contributed by atoms with Gasteiger partial charge in [0.1, 0.15) is 5.69 Å². The summed E-state index contributed by atoms with van der Waals surface area (Å²) in [5.74, 6) is -0.0407. The number of aromatic nitrogens is 3. The smallest absolute Gasteiger partial charge is 0.248 e. The molecule has 3 rings (SSSR count). The number of nitrogens with one attached hydrogen (secondary N) is 1. The fourth-order valence-corrected chi connectivity index (χ4v) is 2.53. The van der Waals surface area contributed by atoms with Gasteiger partial charge in [0.2, 0.25) is 11.9 Å². The Morgan fingerprint density at radius 2 is 2.09 bits per heavy atom. The van der Waals surface area contributed by atoms with E-state index in [4.69, 9.17) is 5.73 Å². The number of thiazole rings is 1. The first-order valence-corrected chi connectivity index (χ1v) is 7.42. The number of hydrogen-bond acceptors (Lipinski definition) is 6. The van der Waals surface area contributed by atoms with Crippen LogP contribution in [0.4, 0.5) is 11.6 Å². The zero-order valence-corrected chi connectivity index (χ0v) is 12.6. The molecule has 1 aromatic carbocycles. The predicted molar refractivity (Wildman–Crippen MR) is 86.1 cm³/mol. The highest BCUT2D eigenvalue weighted by molar-refractivity contribution is 7.09. The third-order valence-corrected chi connectivity index (χ3v) is 3.71. The van der Waals surface area contributed by atoms with E-state index in [-0.39, 0.29) is 0 Å². The van der Waals surface area contributed by atoms with Crippen molar-refractivity contribution in [3.8, 4) is 11.4 Å². The first-order valence-electron chi connectivity index (χ1n) is 6.54. The number of nitrogens with zero attached hydrogens (tertiary/aromatic N) is 3. The molecule has 0 atom stereocenters. The van der Waals surface area contributed by atoms with E-state index in [9.17, 15) is 4.79 Å². The largest absolute Gasteiger partial charge is 0.366 e. The van der Waals surface area contributed by atoms with Crippen LogP contribution in [0.1, 0.15) is 15.4 Å². The molecule has 110 valence electrons. The average Bonchev–Trinajstić information content (AvgIpc) is 2.94. The number of carbonyl (C=O) groups is 1. The highest BCUT2D eigenvalue weighted by Gasteiger charge is 2.07. The lowest BCUT2D eigenvalue weighted by atomic mass is 10.2. The van der Waals surface area contributed by atoms with Crippen LogP contribution in [0.2, 0.25) is 0 Å². The fraction of sp³-hybridized carbons (Fsp3) is 0.0667. The Bertz CT molecular complexity index is 830. The van der Waals surface area contributed by atoms with E-state index >= 15 is 0 Å². The minimum absolute atomic E-state index is 0.427. The van der Waals surface area contributed by atoms with E-state index in [1.54, 1.807) is 41.8 Å². The molecule has 7 heteroatoms. The third-order valence-electron chi connectivity index (χ3n) is 2.94. The molecule has 22 heavy (non-hydrogen) atoms. The van der Waals surface area contributed by atoms with Crippen molar-refractivity contribution in [3.63, 3.8) is 0 Å². The Balaban J connectivity index is 1.87. The summed E-state index contributed by atoms with van der Waals surface area (Å²) < 4.78 is 0. The van der Waals surface area contributed by atoms with Gasteiger partial charge in [0, 0.05) is 22.8 Å². The van der Waals surface area contributed by atoms with Gasteiger partial charge in [-0.2, -0.15) is 0 Å². The van der Waals surface area contributed by atoms with Crippen molar-refractivity contribution in [2.75, 3.05) is 5.32 Å². The number of amides is 1. The Hall–Kier alpha value is -2.80. The van der Waals surface area contributed by atoms with Crippen molar-refractivity contribution in [1.82, 2.24) is 15.0 Å². The number of primary amides is 1. The summed E-state index contributed by atoms with van der Waals surface area (Å²) in [5, 5.41) is 6.00. The molecule has 0 radical (unpaired) electrons. The second kappa shape index (κ2) is 5.90. The molecule has 0 aliphatic carbocycles. The molecule has 0 saturated carbocycles. The molecule has 3 N–H and O–H groups in total. The van der Waals surface area contributed by atoms with Crippen molar-refractivity contribution >= 4 is 28.9 Å². The van der Waals surface area contributed by atoms with Gasteiger partial charge in [-0.25, -0.2) is 15.0 Å². The summed E-state index contributed by atoms with van der Waals surface area (Å²) in [7, 11) is 0. The average molecular weight is 311 g/mol. The zero-order valence-electron chi connectivity index (χ0n) is 11.8. The van der Waals surface area contributed by atoms with Crippen molar-refractivity contribution in [1.29, 1.82) is 0 Å². The molecule has 2 aromatic heterocycles. The maximum atomic E-state index is 11.2. The maximum absolute atomic E-state index is 11.2. The second-order valence-electron chi connectivity index (χ2n) is 4.59. The minimum Gasteiger partial charge on any atom is -0.366 e. The lowest BCUT2D eigenvalue weighted by Crippen LogP contribution is -2.11. The molecule has 3 aromatic rings. The lowest BCUT2D eigenvalue weighted by Gasteiger charge is -2.06. The number of benzene rings is 1. The molecule has 0 saturated heterocycles. The van der Waals surface area contributed by atoms with Gasteiger partial charge in [-0.15, -0.1) is 11.3 Å². The quantitative estimate of drug-likeness (QED) is 0.772. The van der Waals surface area contributed by atoms with Crippen LogP contribution in [0.3, 0.4) is 0 Å². The van der Waals surface area contributed by atoms with Crippen molar-refractivity contribution in [2.45, 2.75) is 6.92 Å². The number of nitrogens with two attached hydrogens (primary N) is 1. The van der Waals surface area contributed by atoms with Crippen LogP contribution in [0.15, 0.2) is 41.9 Å². The number of aryl methyl sites for hydroxylation is 1. The Morgan fingerprint density at radius 1 is 1.23 bits per heavy atom. The Labute approximate surface area is 131 Å². The molecule has 0 aliphatic rings. The zero-order chi connectivity index (χ0) is 15.5. The Kier molecular flexibility index (Phi) is 3.80. The van der Waals surface area contributed by atoms with Crippen LogP contribution in [-0.4, -0.2) is 20.9 Å². The van der Waals surface area contributed by atoms with Crippen LogP contribution in [-0.2, 0) is 0 Å². The van der Waals surface area contributed by atoms with E-state index in [1.165, 1.54) is 0 Å². The molecule has 1 amide bonds. The van der Waals surface area contributed by atoms with E-state index in [0.29, 0.717) is 17.2 Å². The van der Waals surface area contributed by atoms with Gasteiger partial charge in [-0.1, -0.05) is 6.07 Å². The van der Waals surface area contributed by atoms with E-state index in [2.05, 4.69) is 20.3 Å². The number of hydrogen-bond donors (Lipinski definition) is 2. The highest BCUT2D eigenvalue weighted by atomic mass is 32.1. The van der Waals surface area contributed by atoms with Crippen LogP contribution >= 0.6 is 11.3 Å². The molecule has 0 unspecified atom stereocenters. The fourth-order valence-electron chi connectivity index (χ4n) is 1.92.